The van der Waals surface area contributed by atoms with Crippen molar-refractivity contribution in [1.29, 1.82) is 0 Å². The maximum Gasteiger partial charge on any atom is 0.257 e. The molecule has 0 saturated heterocycles. The molecule has 6 nitrogen and oxygen atoms in total. The highest BCUT2D eigenvalue weighted by Gasteiger charge is 2.13. The summed E-state index contributed by atoms with van der Waals surface area (Å²) in [6, 6.07) is 11.7. The fourth-order valence-electron chi connectivity index (χ4n) is 2.61. The molecule has 0 aliphatic rings. The molecular formula is C21H24BrN3O3S. The van der Waals surface area contributed by atoms with Crippen molar-refractivity contribution >= 4 is 50.8 Å². The number of ether oxygens (including phenoxy) is 1. The lowest BCUT2D eigenvalue weighted by Crippen LogP contribution is -2.34. The molecule has 154 valence electrons. The lowest BCUT2D eigenvalue weighted by atomic mass is 10.1. The second-order valence-electron chi connectivity index (χ2n) is 6.37. The molecule has 2 amide bonds. The van der Waals surface area contributed by atoms with Crippen LogP contribution in [0.15, 0.2) is 46.9 Å². The number of benzene rings is 2. The van der Waals surface area contributed by atoms with E-state index in [1.54, 1.807) is 42.5 Å². The Morgan fingerprint density at radius 3 is 2.59 bits per heavy atom. The number of nitrogens with one attached hydrogen (secondary N) is 2. The lowest BCUT2D eigenvalue weighted by molar-refractivity contribution is 0.0975. The Morgan fingerprint density at radius 1 is 1.14 bits per heavy atom. The minimum atomic E-state index is -0.587. The molecule has 0 radical (unpaired) electrons. The number of anilines is 1. The van der Waals surface area contributed by atoms with Crippen molar-refractivity contribution in [3.05, 3.63) is 58.1 Å². The maximum atomic E-state index is 12.5. The van der Waals surface area contributed by atoms with Gasteiger partial charge in [0.25, 0.3) is 11.8 Å². The average Bonchev–Trinajstić information content (AvgIpc) is 2.69. The summed E-state index contributed by atoms with van der Waals surface area (Å²) in [5.41, 5.74) is 6.48. The highest BCUT2D eigenvalue weighted by molar-refractivity contribution is 9.10. The van der Waals surface area contributed by atoms with Crippen molar-refractivity contribution in [2.24, 2.45) is 5.73 Å². The smallest absolute Gasteiger partial charge is 0.257 e. The minimum absolute atomic E-state index is 0.0658. The van der Waals surface area contributed by atoms with Crippen LogP contribution in [-0.4, -0.2) is 23.5 Å². The molecule has 8 heteroatoms. The van der Waals surface area contributed by atoms with E-state index in [1.807, 2.05) is 0 Å². The van der Waals surface area contributed by atoms with Crippen molar-refractivity contribution in [2.75, 3.05) is 11.9 Å². The molecule has 0 heterocycles. The summed E-state index contributed by atoms with van der Waals surface area (Å²) < 4.78 is 6.45. The van der Waals surface area contributed by atoms with E-state index in [0.29, 0.717) is 28.1 Å². The Kier molecular flexibility index (Phi) is 9.08. The summed E-state index contributed by atoms with van der Waals surface area (Å²) in [6.45, 7) is 2.80. The Labute approximate surface area is 184 Å². The molecular weight excluding hydrogens is 454 g/mol. The van der Waals surface area contributed by atoms with E-state index in [4.69, 9.17) is 22.7 Å². The first-order valence-corrected chi connectivity index (χ1v) is 10.6. The van der Waals surface area contributed by atoms with Gasteiger partial charge in [-0.1, -0.05) is 38.3 Å². The lowest BCUT2D eigenvalue weighted by Gasteiger charge is -2.13. The predicted molar refractivity (Wildman–Crippen MR) is 122 cm³/mol. The summed E-state index contributed by atoms with van der Waals surface area (Å²) in [6.07, 6.45) is 4.51. The number of halogens is 1. The van der Waals surface area contributed by atoms with Gasteiger partial charge in [0.2, 0.25) is 0 Å². The van der Waals surface area contributed by atoms with E-state index in [2.05, 4.69) is 33.5 Å². The molecule has 2 rings (SSSR count). The quantitative estimate of drug-likeness (QED) is 0.361. The molecule has 0 aromatic heterocycles. The average molecular weight is 478 g/mol. The zero-order chi connectivity index (χ0) is 21.2. The van der Waals surface area contributed by atoms with Crippen LogP contribution < -0.4 is 21.1 Å². The normalized spacial score (nSPS) is 10.3. The largest absolute Gasteiger partial charge is 0.492 e. The first-order valence-electron chi connectivity index (χ1n) is 9.36. The number of para-hydroxylation sites is 1. The summed E-state index contributed by atoms with van der Waals surface area (Å²) in [4.78, 5) is 23.9. The fraction of sp³-hybridized carbons (Fsp3) is 0.286. The summed E-state index contributed by atoms with van der Waals surface area (Å²) >= 11 is 8.62. The first kappa shape index (κ1) is 22.8. The molecule has 29 heavy (non-hydrogen) atoms. The van der Waals surface area contributed by atoms with Crippen LogP contribution >= 0.6 is 28.1 Å². The number of rotatable bonds is 9. The van der Waals surface area contributed by atoms with Crippen LogP contribution in [0.1, 0.15) is 53.3 Å². The number of carbonyl (C=O) groups excluding carboxylic acids is 2. The Hall–Kier alpha value is -2.45. The van der Waals surface area contributed by atoms with Gasteiger partial charge in [-0.15, -0.1) is 0 Å². The maximum absolute atomic E-state index is 12.5. The summed E-state index contributed by atoms with van der Waals surface area (Å²) in [5, 5.41) is 5.48. The van der Waals surface area contributed by atoms with Gasteiger partial charge in [-0.2, -0.15) is 0 Å². The number of amides is 2. The molecule has 0 aliphatic carbocycles. The third-order valence-corrected chi connectivity index (χ3v) is 4.94. The Morgan fingerprint density at radius 2 is 1.90 bits per heavy atom. The van der Waals surface area contributed by atoms with E-state index in [9.17, 15) is 9.59 Å². The number of unbranched alkanes of at least 4 members (excludes halogenated alkanes) is 3. The van der Waals surface area contributed by atoms with Gasteiger partial charge in [-0.3, -0.25) is 14.9 Å². The molecule has 0 bridgehead atoms. The molecule has 0 fully saturated rings. The number of nitrogens with two attached hydrogens (primary N) is 1. The highest BCUT2D eigenvalue weighted by Crippen LogP contribution is 2.26. The van der Waals surface area contributed by atoms with E-state index in [0.717, 1.165) is 12.8 Å². The molecule has 0 aliphatic heterocycles. The summed E-state index contributed by atoms with van der Waals surface area (Å²) in [5.74, 6) is -0.278. The van der Waals surface area contributed by atoms with Gasteiger partial charge in [0, 0.05) is 5.56 Å². The van der Waals surface area contributed by atoms with Crippen molar-refractivity contribution in [2.45, 2.75) is 32.6 Å². The van der Waals surface area contributed by atoms with E-state index in [1.165, 1.54) is 12.8 Å². The zero-order valence-electron chi connectivity index (χ0n) is 16.2. The van der Waals surface area contributed by atoms with Gasteiger partial charge >= 0.3 is 0 Å². The molecule has 2 aromatic rings. The predicted octanol–water partition coefficient (Wildman–Crippen LogP) is 4.63. The number of thiocarbonyl (C=S) groups is 1. The molecule has 4 N–H and O–H groups in total. The van der Waals surface area contributed by atoms with E-state index < -0.39 is 5.91 Å². The third kappa shape index (κ3) is 7.14. The number of hydrogen-bond donors (Lipinski definition) is 3. The van der Waals surface area contributed by atoms with Crippen molar-refractivity contribution in [3.8, 4) is 5.75 Å². The molecule has 0 saturated carbocycles. The van der Waals surface area contributed by atoms with E-state index >= 15 is 0 Å². The van der Waals surface area contributed by atoms with Crippen LogP contribution in [-0.2, 0) is 0 Å². The fourth-order valence-corrected chi connectivity index (χ4v) is 3.30. The van der Waals surface area contributed by atoms with Crippen LogP contribution in [0.2, 0.25) is 0 Å². The molecule has 0 atom stereocenters. The van der Waals surface area contributed by atoms with Gasteiger partial charge in [0.15, 0.2) is 5.11 Å². The van der Waals surface area contributed by atoms with Crippen LogP contribution in [0, 0.1) is 0 Å². The van der Waals surface area contributed by atoms with Gasteiger partial charge in [0.05, 0.1) is 22.3 Å². The van der Waals surface area contributed by atoms with Crippen LogP contribution in [0.25, 0.3) is 0 Å². The second kappa shape index (κ2) is 11.5. The number of primary amides is 1. The topological polar surface area (TPSA) is 93.4 Å². The van der Waals surface area contributed by atoms with Crippen LogP contribution in [0.3, 0.4) is 0 Å². The third-order valence-electron chi connectivity index (χ3n) is 4.12. The minimum Gasteiger partial charge on any atom is -0.492 e. The van der Waals surface area contributed by atoms with Crippen LogP contribution in [0.5, 0.6) is 5.75 Å². The van der Waals surface area contributed by atoms with Gasteiger partial charge in [-0.25, -0.2) is 0 Å². The number of carbonyl (C=O) groups is 2. The van der Waals surface area contributed by atoms with Gasteiger partial charge in [0.1, 0.15) is 5.75 Å². The highest BCUT2D eigenvalue weighted by atomic mass is 79.9. The number of hydrogen-bond acceptors (Lipinski definition) is 4. The monoisotopic (exact) mass is 477 g/mol. The standard InChI is InChI=1S/C21H24BrN3O3S/c1-2-3-4-7-12-28-18-11-10-14(13-16(18)22)20(27)25-21(29)24-17-9-6-5-8-15(17)19(23)26/h5-6,8-11,13H,2-4,7,12H2,1H3,(H2,23,26)(H2,24,25,27,29). The second-order valence-corrected chi connectivity index (χ2v) is 7.63. The zero-order valence-corrected chi connectivity index (χ0v) is 18.6. The first-order chi connectivity index (χ1) is 13.9. The molecule has 2 aromatic carbocycles. The molecule has 0 unspecified atom stereocenters. The van der Waals surface area contributed by atoms with Gasteiger partial charge < -0.3 is 15.8 Å². The van der Waals surface area contributed by atoms with Crippen LogP contribution in [0.4, 0.5) is 5.69 Å². The van der Waals surface area contributed by atoms with Crippen molar-refractivity contribution in [3.63, 3.8) is 0 Å². The van der Waals surface area contributed by atoms with Gasteiger partial charge in [-0.05, 0) is 64.9 Å². The SMILES string of the molecule is CCCCCCOc1ccc(C(=O)NC(=S)Nc2ccccc2C(N)=O)cc1Br. The Balaban J connectivity index is 1.94. The Bertz CT molecular complexity index is 889. The van der Waals surface area contributed by atoms with Crippen molar-refractivity contribution in [1.82, 2.24) is 5.32 Å². The molecule has 0 spiro atoms. The van der Waals surface area contributed by atoms with E-state index in [-0.39, 0.29) is 16.6 Å². The summed E-state index contributed by atoms with van der Waals surface area (Å²) in [7, 11) is 0. The van der Waals surface area contributed by atoms with Crippen molar-refractivity contribution < 1.29 is 14.3 Å².